The van der Waals surface area contributed by atoms with Crippen molar-refractivity contribution >= 4 is 0 Å². The third-order valence-corrected chi connectivity index (χ3v) is 3.34. The first-order valence-corrected chi connectivity index (χ1v) is 6.39. The smallest absolute Gasteiger partial charge is 0.141 e. The van der Waals surface area contributed by atoms with Gasteiger partial charge < -0.3 is 5.32 Å². The zero-order valence-corrected chi connectivity index (χ0v) is 11.2. The summed E-state index contributed by atoms with van der Waals surface area (Å²) in [7, 11) is 0. The number of hydrogen-bond acceptors (Lipinski definition) is 2. The highest BCUT2D eigenvalue weighted by Crippen LogP contribution is 2.16. The minimum absolute atomic E-state index is 0.219. The van der Waals surface area contributed by atoms with Gasteiger partial charge in [0.15, 0.2) is 0 Å². The Kier molecular flexibility index (Phi) is 5.56. The summed E-state index contributed by atoms with van der Waals surface area (Å²) in [5.41, 5.74) is 0.921. The second-order valence-electron chi connectivity index (χ2n) is 4.99. The topological polar surface area (TPSA) is 24.9 Å². The van der Waals surface area contributed by atoms with Crippen molar-refractivity contribution in [1.29, 1.82) is 0 Å². The first-order valence-electron chi connectivity index (χ1n) is 6.39. The molecule has 17 heavy (non-hydrogen) atoms. The van der Waals surface area contributed by atoms with Crippen LogP contribution >= 0.6 is 0 Å². The number of rotatable bonds is 6. The van der Waals surface area contributed by atoms with Gasteiger partial charge >= 0.3 is 0 Å². The summed E-state index contributed by atoms with van der Waals surface area (Å²) in [6.45, 7) is 9.77. The van der Waals surface area contributed by atoms with E-state index in [9.17, 15) is 4.39 Å². The van der Waals surface area contributed by atoms with Crippen LogP contribution in [0.1, 0.15) is 45.9 Å². The lowest BCUT2D eigenvalue weighted by molar-refractivity contribution is 0.363. The molecule has 0 fully saturated rings. The van der Waals surface area contributed by atoms with Gasteiger partial charge in [-0.25, -0.2) is 4.39 Å². The molecular formula is C14H23FN2. The van der Waals surface area contributed by atoms with Gasteiger partial charge in [0.25, 0.3) is 0 Å². The molecule has 96 valence electrons. The van der Waals surface area contributed by atoms with Gasteiger partial charge in [0.2, 0.25) is 0 Å². The molecule has 0 radical (unpaired) electrons. The Labute approximate surface area is 104 Å². The van der Waals surface area contributed by atoms with E-state index in [4.69, 9.17) is 0 Å². The van der Waals surface area contributed by atoms with E-state index in [0.29, 0.717) is 11.8 Å². The van der Waals surface area contributed by atoms with Gasteiger partial charge in [0, 0.05) is 6.04 Å². The van der Waals surface area contributed by atoms with Gasteiger partial charge in [-0.1, -0.05) is 27.7 Å². The van der Waals surface area contributed by atoms with Gasteiger partial charge in [-0.15, -0.1) is 0 Å². The van der Waals surface area contributed by atoms with Gasteiger partial charge in [0.1, 0.15) is 5.82 Å². The highest BCUT2D eigenvalue weighted by Gasteiger charge is 2.13. The molecule has 0 saturated carbocycles. The minimum atomic E-state index is -0.279. The van der Waals surface area contributed by atoms with Crippen molar-refractivity contribution in [2.24, 2.45) is 11.8 Å². The molecule has 3 heteroatoms. The molecule has 0 amide bonds. The summed E-state index contributed by atoms with van der Waals surface area (Å²) in [6, 6.07) is 3.45. The molecule has 0 aliphatic heterocycles. The molecule has 0 aliphatic carbocycles. The van der Waals surface area contributed by atoms with Crippen LogP contribution in [0.3, 0.4) is 0 Å². The fourth-order valence-electron chi connectivity index (χ4n) is 1.62. The van der Waals surface area contributed by atoms with Crippen molar-refractivity contribution in [1.82, 2.24) is 10.3 Å². The highest BCUT2D eigenvalue weighted by molar-refractivity contribution is 5.09. The lowest BCUT2D eigenvalue weighted by Gasteiger charge is -2.21. The molecule has 0 spiro atoms. The molecule has 0 saturated heterocycles. The molecule has 0 aromatic carbocycles. The summed E-state index contributed by atoms with van der Waals surface area (Å²) in [4.78, 5) is 4.13. The Morgan fingerprint density at radius 3 is 2.47 bits per heavy atom. The molecular weight excluding hydrogens is 215 g/mol. The maximum absolute atomic E-state index is 12.8. The maximum atomic E-state index is 12.8. The Balaban J connectivity index is 2.57. The lowest BCUT2D eigenvalue weighted by atomic mass is 9.97. The molecule has 1 N–H and O–H groups in total. The van der Waals surface area contributed by atoms with Crippen LogP contribution in [0.4, 0.5) is 4.39 Å². The van der Waals surface area contributed by atoms with E-state index in [1.165, 1.54) is 12.3 Å². The van der Waals surface area contributed by atoms with Gasteiger partial charge in [0.05, 0.1) is 11.9 Å². The van der Waals surface area contributed by atoms with E-state index in [2.05, 4.69) is 38.0 Å². The van der Waals surface area contributed by atoms with Crippen molar-refractivity contribution in [2.45, 2.75) is 40.2 Å². The van der Waals surface area contributed by atoms with E-state index in [0.717, 1.165) is 18.7 Å². The van der Waals surface area contributed by atoms with E-state index >= 15 is 0 Å². The second-order valence-corrected chi connectivity index (χ2v) is 4.99. The van der Waals surface area contributed by atoms with Crippen LogP contribution in [0.15, 0.2) is 18.3 Å². The quantitative estimate of drug-likeness (QED) is 0.819. The van der Waals surface area contributed by atoms with Crippen molar-refractivity contribution in [2.75, 3.05) is 6.54 Å². The number of halogens is 1. The first-order chi connectivity index (χ1) is 8.04. The molecule has 2 nitrogen and oxygen atoms in total. The SMILES string of the molecule is CCC(NCC(C)C(C)C)c1ccc(F)cn1. The fraction of sp³-hybridized carbons (Fsp3) is 0.643. The average molecular weight is 238 g/mol. The summed E-state index contributed by atoms with van der Waals surface area (Å²) >= 11 is 0. The van der Waals surface area contributed by atoms with Crippen LogP contribution in [0.5, 0.6) is 0 Å². The number of hydrogen-bond donors (Lipinski definition) is 1. The molecule has 1 aromatic rings. The third-order valence-electron chi connectivity index (χ3n) is 3.34. The Morgan fingerprint density at radius 1 is 1.29 bits per heavy atom. The Bertz CT molecular complexity index is 321. The van der Waals surface area contributed by atoms with E-state index in [1.807, 2.05) is 0 Å². The van der Waals surface area contributed by atoms with Crippen molar-refractivity contribution in [3.63, 3.8) is 0 Å². The highest BCUT2D eigenvalue weighted by atomic mass is 19.1. The Hall–Kier alpha value is -0.960. The Morgan fingerprint density at radius 2 is 2.00 bits per heavy atom. The summed E-state index contributed by atoms with van der Waals surface area (Å²) in [5.74, 6) is 1.02. The number of nitrogens with zero attached hydrogens (tertiary/aromatic N) is 1. The van der Waals surface area contributed by atoms with Crippen molar-refractivity contribution < 1.29 is 4.39 Å². The van der Waals surface area contributed by atoms with Gasteiger partial charge in [-0.3, -0.25) is 4.98 Å². The van der Waals surface area contributed by atoms with Crippen molar-refractivity contribution in [3.8, 4) is 0 Å². The van der Waals surface area contributed by atoms with Crippen LogP contribution in [-0.2, 0) is 0 Å². The zero-order chi connectivity index (χ0) is 12.8. The molecule has 0 aliphatic rings. The van der Waals surface area contributed by atoms with Crippen LogP contribution in [0.25, 0.3) is 0 Å². The number of pyridine rings is 1. The second kappa shape index (κ2) is 6.70. The molecule has 1 aromatic heterocycles. The maximum Gasteiger partial charge on any atom is 0.141 e. The van der Waals surface area contributed by atoms with E-state index < -0.39 is 0 Å². The van der Waals surface area contributed by atoms with E-state index in [-0.39, 0.29) is 11.9 Å². The summed E-state index contributed by atoms with van der Waals surface area (Å²) < 4.78 is 12.8. The number of nitrogens with one attached hydrogen (secondary N) is 1. The summed E-state index contributed by atoms with van der Waals surface area (Å²) in [5, 5.41) is 3.50. The van der Waals surface area contributed by atoms with Crippen LogP contribution in [0, 0.1) is 17.7 Å². The largest absolute Gasteiger partial charge is 0.308 e. The predicted octanol–water partition coefficient (Wildman–Crippen LogP) is 3.55. The molecule has 1 rings (SSSR count). The minimum Gasteiger partial charge on any atom is -0.308 e. The van der Waals surface area contributed by atoms with Gasteiger partial charge in [-0.2, -0.15) is 0 Å². The van der Waals surface area contributed by atoms with Crippen LogP contribution in [0.2, 0.25) is 0 Å². The molecule has 0 bridgehead atoms. The molecule has 1 heterocycles. The molecule has 2 unspecified atom stereocenters. The fourth-order valence-corrected chi connectivity index (χ4v) is 1.62. The monoisotopic (exact) mass is 238 g/mol. The normalized spacial score (nSPS) is 14.9. The number of aromatic nitrogens is 1. The lowest BCUT2D eigenvalue weighted by Crippen LogP contribution is -2.28. The van der Waals surface area contributed by atoms with Crippen LogP contribution < -0.4 is 5.32 Å². The van der Waals surface area contributed by atoms with E-state index in [1.54, 1.807) is 6.07 Å². The summed E-state index contributed by atoms with van der Waals surface area (Å²) in [6.07, 6.45) is 2.25. The zero-order valence-electron chi connectivity index (χ0n) is 11.2. The van der Waals surface area contributed by atoms with Gasteiger partial charge in [-0.05, 0) is 36.9 Å². The average Bonchev–Trinajstić information content (AvgIpc) is 2.31. The van der Waals surface area contributed by atoms with Crippen molar-refractivity contribution in [3.05, 3.63) is 29.8 Å². The first kappa shape index (κ1) is 14.1. The third kappa shape index (κ3) is 4.43. The molecule has 2 atom stereocenters. The predicted molar refractivity (Wildman–Crippen MR) is 69.2 cm³/mol. The standard InChI is InChI=1S/C14H23FN2/c1-5-13(16-8-11(4)10(2)3)14-7-6-12(15)9-17-14/h6-7,9-11,13,16H,5,8H2,1-4H3. The van der Waals surface area contributed by atoms with Crippen LogP contribution in [-0.4, -0.2) is 11.5 Å².